The van der Waals surface area contributed by atoms with E-state index in [0.717, 1.165) is 11.3 Å². The van der Waals surface area contributed by atoms with Crippen molar-refractivity contribution in [3.63, 3.8) is 0 Å². The average molecular weight is 186 g/mol. The number of carbonyl (C=O) groups is 1. The quantitative estimate of drug-likeness (QED) is 0.706. The minimum Gasteiger partial charge on any atom is -0.352 e. The normalized spacial score (nSPS) is 9.83. The van der Waals surface area contributed by atoms with E-state index in [9.17, 15) is 9.59 Å². The summed E-state index contributed by atoms with van der Waals surface area (Å²) in [5.41, 5.74) is 0.635. The molecule has 1 amide bonds. The molecule has 5 heteroatoms. The lowest BCUT2D eigenvalue weighted by atomic mass is 10.4. The van der Waals surface area contributed by atoms with Gasteiger partial charge in [-0.2, -0.15) is 0 Å². The number of nitrogens with one attached hydrogen (secondary N) is 2. The van der Waals surface area contributed by atoms with Crippen molar-refractivity contribution in [1.29, 1.82) is 0 Å². The molecule has 1 aromatic heterocycles. The van der Waals surface area contributed by atoms with Gasteiger partial charge in [0.05, 0.1) is 0 Å². The molecule has 0 aromatic carbocycles. The Morgan fingerprint density at radius 2 is 2.33 bits per heavy atom. The molecule has 1 rings (SSSR count). The predicted octanol–water partition coefficient (Wildman–Crippen LogP) is 0.495. The second kappa shape index (κ2) is 3.53. The van der Waals surface area contributed by atoms with Crippen molar-refractivity contribution in [3.8, 4) is 0 Å². The SMILES string of the molecule is CCNC(=O)c1sc(=O)[nH]c1C. The Balaban J connectivity index is 2.94. The molecule has 0 atom stereocenters. The molecule has 0 spiro atoms. The van der Waals surface area contributed by atoms with Crippen molar-refractivity contribution in [1.82, 2.24) is 10.3 Å². The molecular formula is C7H10N2O2S. The number of aromatic nitrogens is 1. The van der Waals surface area contributed by atoms with Gasteiger partial charge >= 0.3 is 4.87 Å². The van der Waals surface area contributed by atoms with Crippen LogP contribution in [0, 0.1) is 6.92 Å². The van der Waals surface area contributed by atoms with Gasteiger partial charge in [0.15, 0.2) is 0 Å². The Labute approximate surface area is 73.6 Å². The molecule has 0 aliphatic rings. The molecule has 1 aromatic rings. The summed E-state index contributed by atoms with van der Waals surface area (Å²) in [4.78, 5) is 24.9. The first kappa shape index (κ1) is 8.99. The first-order valence-corrected chi connectivity index (χ1v) is 4.44. The van der Waals surface area contributed by atoms with Crippen LogP contribution in [0.1, 0.15) is 22.3 Å². The van der Waals surface area contributed by atoms with E-state index in [1.165, 1.54) is 0 Å². The monoisotopic (exact) mass is 186 g/mol. The van der Waals surface area contributed by atoms with Gasteiger partial charge in [0.1, 0.15) is 4.88 Å². The van der Waals surface area contributed by atoms with E-state index in [4.69, 9.17) is 0 Å². The van der Waals surface area contributed by atoms with Crippen LogP contribution in [-0.4, -0.2) is 17.4 Å². The molecule has 12 heavy (non-hydrogen) atoms. The van der Waals surface area contributed by atoms with Crippen LogP contribution in [0.5, 0.6) is 0 Å². The molecule has 0 saturated carbocycles. The van der Waals surface area contributed by atoms with Crippen LogP contribution in [0.25, 0.3) is 0 Å². The van der Waals surface area contributed by atoms with Gasteiger partial charge < -0.3 is 10.3 Å². The Bertz CT molecular complexity index is 339. The number of hydrogen-bond acceptors (Lipinski definition) is 3. The lowest BCUT2D eigenvalue weighted by Crippen LogP contribution is -2.22. The van der Waals surface area contributed by atoms with Crippen LogP contribution in [0.15, 0.2) is 4.79 Å². The topological polar surface area (TPSA) is 62.0 Å². The molecule has 0 saturated heterocycles. The van der Waals surface area contributed by atoms with Crippen LogP contribution in [0.4, 0.5) is 0 Å². The smallest absolute Gasteiger partial charge is 0.305 e. The molecule has 0 radical (unpaired) electrons. The Hall–Kier alpha value is -1.10. The van der Waals surface area contributed by atoms with Gasteiger partial charge in [-0.25, -0.2) is 0 Å². The van der Waals surface area contributed by atoms with E-state index in [1.807, 2.05) is 6.92 Å². The highest BCUT2D eigenvalue weighted by Gasteiger charge is 2.11. The number of carbonyl (C=O) groups excluding carboxylic acids is 1. The molecule has 0 bridgehead atoms. The number of H-pyrrole nitrogens is 1. The zero-order chi connectivity index (χ0) is 9.14. The Morgan fingerprint density at radius 3 is 2.75 bits per heavy atom. The molecule has 0 fully saturated rings. The van der Waals surface area contributed by atoms with Gasteiger partial charge in [-0.1, -0.05) is 11.3 Å². The predicted molar refractivity (Wildman–Crippen MR) is 47.7 cm³/mol. The standard InChI is InChI=1S/C7H10N2O2S/c1-3-8-6(10)5-4(2)9-7(11)12-5/h3H2,1-2H3,(H,8,10)(H,9,11). The molecule has 2 N–H and O–H groups in total. The summed E-state index contributed by atoms with van der Waals surface area (Å²) in [6.45, 7) is 4.12. The zero-order valence-corrected chi connectivity index (χ0v) is 7.75. The third kappa shape index (κ3) is 1.73. The van der Waals surface area contributed by atoms with Crippen LogP contribution >= 0.6 is 11.3 Å². The fourth-order valence-corrected chi connectivity index (χ4v) is 1.62. The third-order valence-electron chi connectivity index (χ3n) is 1.37. The lowest BCUT2D eigenvalue weighted by Gasteiger charge is -1.97. The summed E-state index contributed by atoms with van der Waals surface area (Å²) in [5.74, 6) is -0.182. The van der Waals surface area contributed by atoms with Crippen molar-refractivity contribution in [2.45, 2.75) is 13.8 Å². The van der Waals surface area contributed by atoms with E-state index in [1.54, 1.807) is 6.92 Å². The van der Waals surface area contributed by atoms with Crippen molar-refractivity contribution in [3.05, 3.63) is 20.2 Å². The molecule has 1 heterocycles. The van der Waals surface area contributed by atoms with Crippen molar-refractivity contribution >= 4 is 17.2 Å². The fourth-order valence-electron chi connectivity index (χ4n) is 0.862. The van der Waals surface area contributed by atoms with Crippen molar-refractivity contribution < 1.29 is 4.79 Å². The Kier molecular flexibility index (Phi) is 2.65. The summed E-state index contributed by atoms with van der Waals surface area (Å²) in [6.07, 6.45) is 0. The molecular weight excluding hydrogens is 176 g/mol. The molecule has 4 nitrogen and oxygen atoms in total. The van der Waals surface area contributed by atoms with Gasteiger partial charge in [-0.3, -0.25) is 9.59 Å². The summed E-state index contributed by atoms with van der Waals surface area (Å²) < 4.78 is 0. The van der Waals surface area contributed by atoms with Gasteiger partial charge in [-0.05, 0) is 13.8 Å². The van der Waals surface area contributed by atoms with Crippen LogP contribution in [-0.2, 0) is 0 Å². The molecule has 0 aliphatic carbocycles. The summed E-state index contributed by atoms with van der Waals surface area (Å²) in [5, 5.41) is 2.63. The minimum atomic E-state index is -0.186. The maximum Gasteiger partial charge on any atom is 0.305 e. The van der Waals surface area contributed by atoms with Gasteiger partial charge in [0.25, 0.3) is 5.91 Å². The maximum absolute atomic E-state index is 11.2. The lowest BCUT2D eigenvalue weighted by molar-refractivity contribution is 0.0959. The average Bonchev–Trinajstić information content (AvgIpc) is 2.30. The number of amides is 1. The van der Waals surface area contributed by atoms with Crippen LogP contribution < -0.4 is 10.2 Å². The third-order valence-corrected chi connectivity index (χ3v) is 2.35. The summed E-state index contributed by atoms with van der Waals surface area (Å²) in [6, 6.07) is 0. The Morgan fingerprint density at radius 1 is 1.67 bits per heavy atom. The van der Waals surface area contributed by atoms with Crippen molar-refractivity contribution in [2.75, 3.05) is 6.54 Å². The summed E-state index contributed by atoms with van der Waals surface area (Å²) in [7, 11) is 0. The highest BCUT2D eigenvalue weighted by Crippen LogP contribution is 2.06. The number of aromatic amines is 1. The maximum atomic E-state index is 11.2. The van der Waals surface area contributed by atoms with Gasteiger partial charge in [0.2, 0.25) is 0 Å². The van der Waals surface area contributed by atoms with Crippen LogP contribution in [0.3, 0.4) is 0 Å². The van der Waals surface area contributed by atoms with Crippen molar-refractivity contribution in [2.24, 2.45) is 0 Å². The number of aryl methyl sites for hydroxylation is 1. The van der Waals surface area contributed by atoms with Gasteiger partial charge in [-0.15, -0.1) is 0 Å². The van der Waals surface area contributed by atoms with Crippen LogP contribution in [0.2, 0.25) is 0 Å². The minimum absolute atomic E-state index is 0.182. The van der Waals surface area contributed by atoms with E-state index >= 15 is 0 Å². The first-order valence-electron chi connectivity index (χ1n) is 3.63. The first-order chi connectivity index (χ1) is 5.65. The number of hydrogen-bond donors (Lipinski definition) is 2. The number of thiazole rings is 1. The van der Waals surface area contributed by atoms with E-state index < -0.39 is 0 Å². The van der Waals surface area contributed by atoms with Gasteiger partial charge in [0, 0.05) is 12.2 Å². The van der Waals surface area contributed by atoms with E-state index in [-0.39, 0.29) is 10.8 Å². The molecule has 66 valence electrons. The fraction of sp³-hybridized carbons (Fsp3) is 0.429. The molecule has 0 aliphatic heterocycles. The second-order valence-electron chi connectivity index (χ2n) is 2.33. The molecule has 0 unspecified atom stereocenters. The summed E-state index contributed by atoms with van der Waals surface area (Å²) >= 11 is 0.939. The second-order valence-corrected chi connectivity index (χ2v) is 3.31. The van der Waals surface area contributed by atoms with E-state index in [2.05, 4.69) is 10.3 Å². The largest absolute Gasteiger partial charge is 0.352 e. The highest BCUT2D eigenvalue weighted by molar-refractivity contribution is 7.11. The van der Waals surface area contributed by atoms with E-state index in [0.29, 0.717) is 17.1 Å². The highest BCUT2D eigenvalue weighted by atomic mass is 32.1. The zero-order valence-electron chi connectivity index (χ0n) is 6.93. The number of rotatable bonds is 2.